The fraction of sp³-hybridized carbons (Fsp3) is 0.0556. The first-order valence-electron chi connectivity index (χ1n) is 33.3. The van der Waals surface area contributed by atoms with Crippen LogP contribution in [0.25, 0.3) is 22.3 Å². The summed E-state index contributed by atoms with van der Waals surface area (Å²) in [6.45, 7) is -10.9. The maximum absolute atomic E-state index is 9.22. The van der Waals surface area contributed by atoms with E-state index >= 15 is 0 Å². The van der Waals surface area contributed by atoms with Gasteiger partial charge in [0.1, 0.15) is 0 Å². The van der Waals surface area contributed by atoms with Gasteiger partial charge in [-0.1, -0.05) is 0 Å². The van der Waals surface area contributed by atoms with Crippen LogP contribution in [0.15, 0.2) is 231 Å². The van der Waals surface area contributed by atoms with Gasteiger partial charge in [-0.3, -0.25) is 0 Å². The van der Waals surface area contributed by atoms with Gasteiger partial charge in [0.15, 0.2) is 0 Å². The normalized spacial score (nSPS) is 18.1. The first-order chi connectivity index (χ1) is 47.2. The van der Waals surface area contributed by atoms with Crippen LogP contribution in [-0.4, -0.2) is 54.5 Å². The number of fused-ring (bicyclic) bond motifs is 24. The van der Waals surface area contributed by atoms with E-state index in [1.165, 1.54) is 19.6 Å². The molecule has 17 rings (SSSR count). The number of nitrogens with zero attached hydrogens (tertiary/aromatic N) is 12. The molecule has 12 nitrogen and oxygen atoms in total. The van der Waals surface area contributed by atoms with Crippen molar-refractivity contribution in [2.24, 2.45) is 0 Å². The van der Waals surface area contributed by atoms with Crippen LogP contribution in [0.2, 0.25) is 0 Å². The van der Waals surface area contributed by atoms with E-state index in [1.54, 1.807) is 60.9 Å². The molecule has 7 heterocycles. The van der Waals surface area contributed by atoms with E-state index in [2.05, 4.69) is 24.3 Å². The minimum atomic E-state index is -2.73. The molecule has 0 saturated carbocycles. The van der Waals surface area contributed by atoms with Gasteiger partial charge in [0.2, 0.25) is 0 Å². The van der Waals surface area contributed by atoms with Crippen LogP contribution in [0.1, 0.15) is 16.4 Å². The second-order valence-electron chi connectivity index (χ2n) is 20.5. The fourth-order valence-corrected chi connectivity index (χ4v) is 17.9. The Bertz CT molecular complexity index is 4930. The summed E-state index contributed by atoms with van der Waals surface area (Å²) in [5, 5.41) is 0. The average molecular weight is 1490 g/mol. The van der Waals surface area contributed by atoms with Crippen LogP contribution in [0, 0.1) is 24.3 Å². The zero-order valence-corrected chi connectivity index (χ0v) is 49.5. The van der Waals surface area contributed by atoms with Crippen molar-refractivity contribution in [1.82, 2.24) is 9.97 Å². The summed E-state index contributed by atoms with van der Waals surface area (Å²) in [4.78, 5) is 27.5. The van der Waals surface area contributed by atoms with Gasteiger partial charge in [0.25, 0.3) is 0 Å². The molecule has 0 spiro atoms. The molecule has 6 aliphatic rings. The van der Waals surface area contributed by atoms with Gasteiger partial charge in [-0.15, -0.1) is 0 Å². The Hall–Kier alpha value is -9.86. The predicted molar refractivity (Wildman–Crippen MR) is 346 cm³/mol. The zero-order chi connectivity index (χ0) is 67.3. The summed E-state index contributed by atoms with van der Waals surface area (Å²) in [6, 6.07) is 82.8. The molecular weight excluding hydrogens is 1420 g/mol. The number of hydrogen-bond donors (Lipinski definition) is 0. The van der Waals surface area contributed by atoms with E-state index in [1.807, 2.05) is 199 Å². The molecule has 14 heteroatoms. The van der Waals surface area contributed by atoms with E-state index in [9.17, 15) is 8.22 Å². The molecule has 0 radical (unpaired) electrons. The van der Waals surface area contributed by atoms with Crippen molar-refractivity contribution in [3.05, 3.63) is 255 Å². The van der Waals surface area contributed by atoms with Crippen molar-refractivity contribution in [2.45, 2.75) is 0 Å². The summed E-state index contributed by atoms with van der Waals surface area (Å²) in [5.41, 5.74) is 10.9. The molecule has 10 aromatic carbocycles. The van der Waals surface area contributed by atoms with Crippen LogP contribution in [0.3, 0.4) is 0 Å². The zero-order valence-electron chi connectivity index (χ0n) is 56.9. The van der Waals surface area contributed by atoms with E-state index in [4.69, 9.17) is 18.2 Å². The molecule has 0 fully saturated rings. The summed E-state index contributed by atoms with van der Waals surface area (Å²) in [7, 11) is 0. The second kappa shape index (κ2) is 19.9. The van der Waals surface area contributed by atoms with Crippen molar-refractivity contribution in [3.8, 4) is 22.3 Å². The number of hydrogen-bond acceptors (Lipinski definition) is 12. The molecule has 1 aromatic heterocycles. The molecule has 0 amide bonds. The monoisotopic (exact) mass is 1480 g/mol. The standard InChI is InChI=1S/C72H50N12.2Pt/c1-75-47-79(67-33-15-11-29-63(67)75)55-25-19-27-57(41-55)83(61-39-53(51-21-7-5-8-22-51)37-59(43-61)81-49-77(3)65-31-13-17-35-69(65)81)71-45-74-72(46-73-71)84(58-28-20-26-56(42-58)80-48-76(2)64-30-12-16-34-68(64)80)62-40-54(52-23-9-6-10-24-52)38-60(44-62)82-50-78(4)66-32-14-18-36-70(66)82;;/h5-40,45-46H,1-4H3;;/q-4;;/i1D3,2D3,3D3,4D3;;. The Balaban J connectivity index is 0.915. The summed E-state index contributed by atoms with van der Waals surface area (Å²) < 4.78 is 112. The van der Waals surface area contributed by atoms with Crippen LogP contribution < -0.4 is 49.0 Å². The molecule has 6 aliphatic heterocycles. The Labute approximate surface area is 532 Å². The van der Waals surface area contributed by atoms with Crippen molar-refractivity contribution in [1.29, 1.82) is 0 Å². The predicted octanol–water partition coefficient (Wildman–Crippen LogP) is 14.8. The number of rotatable bonds is 4. The number of aromatic nitrogens is 2. The SMILES string of the molecule is [2H]C([2H])([2H])N1[C]2=[Pt]=[C]3N(c4[c-]c(cc(-c5ccccc5)c4)N(c4cnc(N5c6[c-]c(ccc6)N6[C](=[Pt]=[C]7N(c8[c-]c5cc(-c5ccccc5)c8)c5ccccc5N7C([2H])([2H])[2H])N(C([2H])([2H])[2H])c5ccccc56)cn4)c4[c-]c(ccc4)N2c2ccccc21)c1ccccc1N3C([2H])([2H])[2H]. The molecule has 0 atom stereocenters. The second-order valence-corrected chi connectivity index (χ2v) is 25.7. The number of para-hydroxylation sites is 8. The van der Waals surface area contributed by atoms with Crippen molar-refractivity contribution in [3.63, 3.8) is 0 Å². The third kappa shape index (κ3) is 7.89. The van der Waals surface area contributed by atoms with E-state index in [0.717, 1.165) is 22.3 Å². The third-order valence-electron chi connectivity index (χ3n) is 15.5. The fourth-order valence-electron chi connectivity index (χ4n) is 11.7. The molecule has 8 bridgehead atoms. The van der Waals surface area contributed by atoms with Crippen LogP contribution in [0.4, 0.5) is 103 Å². The molecule has 0 unspecified atom stereocenters. The van der Waals surface area contributed by atoms with Gasteiger partial charge < -0.3 is 0 Å². The Kier molecular flexibility index (Phi) is 9.16. The third-order valence-corrected chi connectivity index (χ3v) is 21.6. The van der Waals surface area contributed by atoms with Gasteiger partial charge >= 0.3 is 535 Å². The molecule has 0 aliphatic carbocycles. The van der Waals surface area contributed by atoms with Gasteiger partial charge in [0, 0.05) is 0 Å². The van der Waals surface area contributed by atoms with E-state index < -0.39 is 63.2 Å². The van der Waals surface area contributed by atoms with Crippen molar-refractivity contribution < 1.29 is 51.7 Å². The number of anilines is 18. The molecule has 86 heavy (non-hydrogen) atoms. The summed E-state index contributed by atoms with van der Waals surface area (Å²) in [6.07, 6.45) is 3.29. The quantitative estimate of drug-likeness (QED) is 0.158. The molecule has 0 N–H and O–H groups in total. The Morgan fingerprint density at radius 2 is 0.547 bits per heavy atom. The first kappa shape index (κ1) is 39.6. The first-order valence-corrected chi connectivity index (χ1v) is 31.9. The molecule has 422 valence electrons. The average Bonchev–Trinajstić information content (AvgIpc) is 1.55. The van der Waals surface area contributed by atoms with Gasteiger partial charge in [-0.2, -0.15) is 0 Å². The Morgan fingerprint density at radius 1 is 0.279 bits per heavy atom. The topological polar surface area (TPSA) is 58.2 Å². The minimum absolute atomic E-state index is 0.304. The Morgan fingerprint density at radius 3 is 0.860 bits per heavy atom. The van der Waals surface area contributed by atoms with Gasteiger partial charge in [-0.05, 0) is 0 Å². The van der Waals surface area contributed by atoms with E-state index in [0.29, 0.717) is 119 Å². The summed E-state index contributed by atoms with van der Waals surface area (Å²) >= 11 is -3.58. The van der Waals surface area contributed by atoms with Crippen molar-refractivity contribution >= 4 is 119 Å². The number of benzene rings is 10. The van der Waals surface area contributed by atoms with Crippen LogP contribution >= 0.6 is 0 Å². The van der Waals surface area contributed by atoms with E-state index in [-0.39, 0.29) is 0 Å². The molecule has 0 saturated heterocycles. The molecule has 11 aromatic rings. The van der Waals surface area contributed by atoms with Crippen LogP contribution in [-0.2, 0) is 35.3 Å². The maximum atomic E-state index is 9.22. The summed E-state index contributed by atoms with van der Waals surface area (Å²) in [5.74, 6) is 0.608. The molecular formula is C72H50N12Pt2-4. The van der Waals surface area contributed by atoms with Crippen LogP contribution in [0.5, 0.6) is 0 Å². The van der Waals surface area contributed by atoms with Crippen molar-refractivity contribution in [2.75, 3.05) is 76.9 Å². The van der Waals surface area contributed by atoms with Gasteiger partial charge in [-0.25, -0.2) is 0 Å². The van der Waals surface area contributed by atoms with Gasteiger partial charge in [0.05, 0.1) is 0 Å².